The molecule has 1 aliphatic heterocycles. The Balaban J connectivity index is 2.01. The Kier molecular flexibility index (Phi) is 4.59. The van der Waals surface area contributed by atoms with Crippen LogP contribution in [0.25, 0.3) is 0 Å². The molecular weight excluding hydrogens is 276 g/mol. The molecule has 22 heavy (non-hydrogen) atoms. The number of nitrogens with one attached hydrogen (secondary N) is 1. The molecule has 1 N–H and O–H groups in total. The Morgan fingerprint density at radius 3 is 2.55 bits per heavy atom. The zero-order valence-corrected chi connectivity index (χ0v) is 14.2. The van der Waals surface area contributed by atoms with Gasteiger partial charge in [-0.25, -0.2) is 0 Å². The molecule has 0 unspecified atom stereocenters. The number of carbonyl (C=O) groups excluding carboxylic acids is 2. The van der Waals surface area contributed by atoms with E-state index in [1.807, 2.05) is 45.9 Å². The molecule has 0 spiro atoms. The van der Waals surface area contributed by atoms with Crippen molar-refractivity contribution in [2.24, 2.45) is 5.41 Å². The number of rotatable bonds is 3. The topological polar surface area (TPSA) is 49.4 Å². The van der Waals surface area contributed by atoms with E-state index in [4.69, 9.17) is 0 Å². The van der Waals surface area contributed by atoms with Gasteiger partial charge in [-0.05, 0) is 42.5 Å². The smallest absolute Gasteiger partial charge is 0.229 e. The number of nitrogens with zero attached hydrogens (tertiary/aromatic N) is 1. The molecule has 1 heterocycles. The number of amides is 2. The van der Waals surface area contributed by atoms with Crippen LogP contribution >= 0.6 is 0 Å². The van der Waals surface area contributed by atoms with Crippen molar-refractivity contribution in [3.05, 3.63) is 29.3 Å². The van der Waals surface area contributed by atoms with Crippen molar-refractivity contribution in [2.45, 2.75) is 53.5 Å². The molecule has 1 aromatic carbocycles. The zero-order valence-electron chi connectivity index (χ0n) is 14.2. The molecule has 0 bridgehead atoms. The molecule has 1 aliphatic rings. The number of hydrogen-bond acceptors (Lipinski definition) is 2. The van der Waals surface area contributed by atoms with Crippen LogP contribution in [0.15, 0.2) is 18.2 Å². The molecule has 2 amide bonds. The van der Waals surface area contributed by atoms with Crippen LogP contribution in [0.5, 0.6) is 0 Å². The lowest BCUT2D eigenvalue weighted by Gasteiger charge is -2.20. The highest BCUT2D eigenvalue weighted by atomic mass is 16.2. The van der Waals surface area contributed by atoms with Crippen LogP contribution in [0.2, 0.25) is 0 Å². The van der Waals surface area contributed by atoms with E-state index in [2.05, 4.69) is 12.2 Å². The standard InChI is InChI=1S/C18H26N2O2/c1-12-6-7-15(8-13(12)2)20-11-14(9-17(20)22)19-16(21)10-18(3,4)5/h6-8,14H,9-11H2,1-5H3,(H,19,21)/t14-/m0/s1. The summed E-state index contributed by atoms with van der Waals surface area (Å²) < 4.78 is 0. The summed E-state index contributed by atoms with van der Waals surface area (Å²) in [5.74, 6) is 0.0940. The van der Waals surface area contributed by atoms with E-state index in [-0.39, 0.29) is 23.3 Å². The summed E-state index contributed by atoms with van der Waals surface area (Å²) in [6.07, 6.45) is 0.851. The van der Waals surface area contributed by atoms with Crippen molar-refractivity contribution >= 4 is 17.5 Å². The molecule has 1 fully saturated rings. The third kappa shape index (κ3) is 4.09. The molecule has 2 rings (SSSR count). The number of carbonyl (C=O) groups is 2. The van der Waals surface area contributed by atoms with Gasteiger partial charge in [0, 0.05) is 25.1 Å². The summed E-state index contributed by atoms with van der Waals surface area (Å²) in [6, 6.07) is 5.94. The van der Waals surface area contributed by atoms with Gasteiger partial charge in [0.25, 0.3) is 0 Å². The second-order valence-electron chi connectivity index (χ2n) is 7.48. The summed E-state index contributed by atoms with van der Waals surface area (Å²) >= 11 is 0. The number of anilines is 1. The minimum Gasteiger partial charge on any atom is -0.351 e. The predicted octanol–water partition coefficient (Wildman–Crippen LogP) is 2.96. The van der Waals surface area contributed by atoms with Crippen LogP contribution < -0.4 is 10.2 Å². The van der Waals surface area contributed by atoms with Crippen LogP contribution in [-0.4, -0.2) is 24.4 Å². The Morgan fingerprint density at radius 2 is 1.95 bits per heavy atom. The van der Waals surface area contributed by atoms with Gasteiger partial charge in [0.15, 0.2) is 0 Å². The van der Waals surface area contributed by atoms with Gasteiger partial charge in [0.2, 0.25) is 11.8 Å². The van der Waals surface area contributed by atoms with Gasteiger partial charge in [-0.15, -0.1) is 0 Å². The highest BCUT2D eigenvalue weighted by Gasteiger charge is 2.32. The second-order valence-corrected chi connectivity index (χ2v) is 7.48. The molecule has 1 aromatic rings. The lowest BCUT2D eigenvalue weighted by atomic mass is 9.92. The molecule has 0 radical (unpaired) electrons. The summed E-state index contributed by atoms with van der Waals surface area (Å²) in [5, 5.41) is 2.99. The van der Waals surface area contributed by atoms with E-state index in [9.17, 15) is 9.59 Å². The summed E-state index contributed by atoms with van der Waals surface area (Å²) in [4.78, 5) is 26.0. The maximum absolute atomic E-state index is 12.2. The van der Waals surface area contributed by atoms with Crippen LogP contribution in [0, 0.1) is 19.3 Å². The SMILES string of the molecule is Cc1ccc(N2C[C@@H](NC(=O)CC(C)(C)C)CC2=O)cc1C. The second kappa shape index (κ2) is 6.11. The quantitative estimate of drug-likeness (QED) is 0.933. The van der Waals surface area contributed by atoms with Gasteiger partial charge in [-0.1, -0.05) is 26.8 Å². The normalized spacial score (nSPS) is 18.7. The van der Waals surface area contributed by atoms with Gasteiger partial charge in [-0.3, -0.25) is 9.59 Å². The fourth-order valence-electron chi connectivity index (χ4n) is 2.71. The van der Waals surface area contributed by atoms with E-state index >= 15 is 0 Å². The summed E-state index contributed by atoms with van der Waals surface area (Å²) in [5.41, 5.74) is 3.26. The van der Waals surface area contributed by atoms with Gasteiger partial charge in [0.05, 0.1) is 6.04 Å². The maximum Gasteiger partial charge on any atom is 0.229 e. The van der Waals surface area contributed by atoms with Gasteiger partial charge in [0.1, 0.15) is 0 Å². The molecule has 1 saturated heterocycles. The van der Waals surface area contributed by atoms with Gasteiger partial charge >= 0.3 is 0 Å². The Labute approximate surface area is 132 Å². The largest absolute Gasteiger partial charge is 0.351 e. The summed E-state index contributed by atoms with van der Waals surface area (Å²) in [6.45, 7) is 10.8. The fraction of sp³-hybridized carbons (Fsp3) is 0.556. The van der Waals surface area contributed by atoms with Crippen LogP contribution in [-0.2, 0) is 9.59 Å². The van der Waals surface area contributed by atoms with Crippen molar-refractivity contribution < 1.29 is 9.59 Å². The highest BCUT2D eigenvalue weighted by Crippen LogP contribution is 2.24. The Hall–Kier alpha value is -1.84. The predicted molar refractivity (Wildman–Crippen MR) is 88.9 cm³/mol. The van der Waals surface area contributed by atoms with E-state index < -0.39 is 0 Å². The van der Waals surface area contributed by atoms with Crippen molar-refractivity contribution in [2.75, 3.05) is 11.4 Å². The highest BCUT2D eigenvalue weighted by molar-refractivity contribution is 5.97. The molecule has 120 valence electrons. The minimum atomic E-state index is -0.0936. The number of aryl methyl sites for hydroxylation is 2. The first-order valence-corrected chi connectivity index (χ1v) is 7.83. The Bertz CT molecular complexity index is 587. The van der Waals surface area contributed by atoms with Crippen molar-refractivity contribution in [3.8, 4) is 0 Å². The average Bonchev–Trinajstić information content (AvgIpc) is 2.71. The number of hydrogen-bond donors (Lipinski definition) is 1. The molecule has 0 saturated carbocycles. The lowest BCUT2D eigenvalue weighted by molar-refractivity contribution is -0.123. The maximum atomic E-state index is 12.2. The van der Waals surface area contributed by atoms with Crippen molar-refractivity contribution in [1.29, 1.82) is 0 Å². The molecule has 0 aliphatic carbocycles. The van der Waals surface area contributed by atoms with Crippen LogP contribution in [0.3, 0.4) is 0 Å². The molecule has 4 nitrogen and oxygen atoms in total. The van der Waals surface area contributed by atoms with E-state index in [0.717, 1.165) is 5.69 Å². The molecule has 1 atom stereocenters. The average molecular weight is 302 g/mol. The molecule has 4 heteroatoms. The van der Waals surface area contributed by atoms with E-state index in [0.29, 0.717) is 19.4 Å². The monoisotopic (exact) mass is 302 g/mol. The number of benzene rings is 1. The zero-order chi connectivity index (χ0) is 16.5. The minimum absolute atomic E-state index is 0.0206. The summed E-state index contributed by atoms with van der Waals surface area (Å²) in [7, 11) is 0. The van der Waals surface area contributed by atoms with Crippen LogP contribution in [0.1, 0.15) is 44.7 Å². The van der Waals surface area contributed by atoms with E-state index in [1.54, 1.807) is 4.90 Å². The van der Waals surface area contributed by atoms with Gasteiger partial charge in [-0.2, -0.15) is 0 Å². The third-order valence-electron chi connectivity index (χ3n) is 3.98. The first kappa shape index (κ1) is 16.5. The first-order valence-electron chi connectivity index (χ1n) is 7.83. The van der Waals surface area contributed by atoms with Gasteiger partial charge < -0.3 is 10.2 Å². The van der Waals surface area contributed by atoms with E-state index in [1.165, 1.54) is 11.1 Å². The van der Waals surface area contributed by atoms with Crippen molar-refractivity contribution in [3.63, 3.8) is 0 Å². The first-order chi connectivity index (χ1) is 10.2. The third-order valence-corrected chi connectivity index (χ3v) is 3.98. The lowest BCUT2D eigenvalue weighted by Crippen LogP contribution is -2.38. The van der Waals surface area contributed by atoms with Crippen molar-refractivity contribution in [1.82, 2.24) is 5.32 Å². The molecule has 0 aromatic heterocycles. The molecular formula is C18H26N2O2. The Morgan fingerprint density at radius 1 is 1.27 bits per heavy atom. The fourth-order valence-corrected chi connectivity index (χ4v) is 2.71. The van der Waals surface area contributed by atoms with Crippen LogP contribution in [0.4, 0.5) is 5.69 Å².